The van der Waals surface area contributed by atoms with Crippen LogP contribution in [0, 0.1) is 30.6 Å². The van der Waals surface area contributed by atoms with Crippen LogP contribution >= 0.6 is 0 Å². The van der Waals surface area contributed by atoms with Gasteiger partial charge in [0.15, 0.2) is 0 Å². The van der Waals surface area contributed by atoms with Crippen LogP contribution in [-0.4, -0.2) is 5.91 Å². The third-order valence-corrected chi connectivity index (χ3v) is 5.96. The molecule has 0 aromatic heterocycles. The van der Waals surface area contributed by atoms with E-state index in [1.54, 1.807) is 0 Å². The number of benzene rings is 1. The first-order valence-corrected chi connectivity index (χ1v) is 7.86. The quantitative estimate of drug-likeness (QED) is 0.788. The Morgan fingerprint density at radius 1 is 1.33 bits per heavy atom. The van der Waals surface area contributed by atoms with E-state index in [1.165, 1.54) is 5.56 Å². The number of fused-ring (bicyclic) bond motifs is 2. The number of carbonyl (C=O) groups is 1. The number of hydrogen-bond donors (Lipinski definition) is 1. The van der Waals surface area contributed by atoms with Crippen molar-refractivity contribution >= 4 is 11.6 Å². The third-order valence-electron chi connectivity index (χ3n) is 5.96. The first kappa shape index (κ1) is 14.4. The Morgan fingerprint density at radius 2 is 2.05 bits per heavy atom. The van der Waals surface area contributed by atoms with Crippen LogP contribution in [-0.2, 0) is 4.79 Å². The normalized spacial score (nSPS) is 29.7. The Bertz CT molecular complexity index is 628. The number of nitrogens with one attached hydrogen (secondary N) is 1. The lowest BCUT2D eigenvalue weighted by molar-refractivity contribution is -0.123. The molecule has 2 atom stereocenters. The molecule has 1 N–H and O–H groups in total. The van der Waals surface area contributed by atoms with E-state index in [2.05, 4.69) is 38.7 Å². The van der Waals surface area contributed by atoms with Crippen molar-refractivity contribution in [3.05, 3.63) is 41.5 Å². The van der Waals surface area contributed by atoms with Crippen molar-refractivity contribution in [3.8, 4) is 0 Å². The zero-order valence-corrected chi connectivity index (χ0v) is 13.5. The predicted molar refractivity (Wildman–Crippen MR) is 87.2 cm³/mol. The molecule has 2 aliphatic rings. The standard InChI is InChI=1S/C19H25NO/c1-12-6-7-16(13(2)10-12)20-17(21)19-9-8-15(11-19)18(4,5)14(19)3/h6-7,10,15H,3,8-9,11H2,1-2,4-5H3,(H,20,21)/t15-,19+/m1/s1. The van der Waals surface area contributed by atoms with Crippen molar-refractivity contribution in [3.63, 3.8) is 0 Å². The fraction of sp³-hybridized carbons (Fsp3) is 0.526. The van der Waals surface area contributed by atoms with Crippen molar-refractivity contribution in [2.45, 2.75) is 47.0 Å². The van der Waals surface area contributed by atoms with Crippen molar-refractivity contribution < 1.29 is 4.79 Å². The molecule has 2 fully saturated rings. The lowest BCUT2D eigenvalue weighted by atomic mass is 9.68. The van der Waals surface area contributed by atoms with Gasteiger partial charge in [-0.15, -0.1) is 0 Å². The summed E-state index contributed by atoms with van der Waals surface area (Å²) >= 11 is 0. The monoisotopic (exact) mass is 283 g/mol. The van der Waals surface area contributed by atoms with Crippen molar-refractivity contribution in [1.29, 1.82) is 0 Å². The summed E-state index contributed by atoms with van der Waals surface area (Å²) in [6.45, 7) is 12.9. The summed E-state index contributed by atoms with van der Waals surface area (Å²) in [6, 6.07) is 6.16. The Morgan fingerprint density at radius 3 is 2.62 bits per heavy atom. The maximum atomic E-state index is 13.0. The van der Waals surface area contributed by atoms with Crippen molar-refractivity contribution in [2.24, 2.45) is 16.7 Å². The van der Waals surface area contributed by atoms with Crippen LogP contribution in [0.25, 0.3) is 0 Å². The predicted octanol–water partition coefficient (Wildman–Crippen LogP) is 4.62. The molecule has 2 nitrogen and oxygen atoms in total. The minimum absolute atomic E-state index is 0.0951. The highest BCUT2D eigenvalue weighted by Crippen LogP contribution is 2.65. The molecule has 2 saturated carbocycles. The molecule has 3 rings (SSSR count). The Balaban J connectivity index is 1.88. The SMILES string of the molecule is C=C1C(C)(C)[C@@H]2CC[C@]1(C(=O)Nc1ccc(C)cc1C)C2. The van der Waals surface area contributed by atoms with Gasteiger partial charge in [0.05, 0.1) is 5.41 Å². The van der Waals surface area contributed by atoms with Gasteiger partial charge in [-0.05, 0) is 56.1 Å². The molecule has 2 aliphatic carbocycles. The van der Waals surface area contributed by atoms with Crippen LogP contribution < -0.4 is 5.32 Å². The molecule has 1 aromatic rings. The van der Waals surface area contributed by atoms with Crippen molar-refractivity contribution in [2.75, 3.05) is 5.32 Å². The summed E-state index contributed by atoms with van der Waals surface area (Å²) in [5, 5.41) is 3.17. The summed E-state index contributed by atoms with van der Waals surface area (Å²) in [4.78, 5) is 13.0. The van der Waals surface area contributed by atoms with E-state index in [4.69, 9.17) is 0 Å². The number of aryl methyl sites for hydroxylation is 2. The molecule has 0 aliphatic heterocycles. The maximum absolute atomic E-state index is 13.0. The molecule has 21 heavy (non-hydrogen) atoms. The fourth-order valence-electron chi connectivity index (χ4n) is 4.34. The molecule has 1 amide bonds. The number of anilines is 1. The second-order valence-electron chi connectivity index (χ2n) is 7.49. The highest BCUT2D eigenvalue weighted by atomic mass is 16.2. The van der Waals surface area contributed by atoms with E-state index >= 15 is 0 Å². The van der Waals surface area contributed by atoms with Crippen LogP contribution in [0.2, 0.25) is 0 Å². The minimum Gasteiger partial charge on any atom is -0.325 e. The van der Waals surface area contributed by atoms with Gasteiger partial charge in [0, 0.05) is 5.69 Å². The average Bonchev–Trinajstić information content (AvgIpc) is 2.93. The molecule has 0 heterocycles. The van der Waals surface area contributed by atoms with Gasteiger partial charge in [-0.25, -0.2) is 0 Å². The van der Waals surface area contributed by atoms with Gasteiger partial charge in [-0.1, -0.05) is 43.7 Å². The summed E-state index contributed by atoms with van der Waals surface area (Å²) < 4.78 is 0. The minimum atomic E-state index is -0.342. The van der Waals surface area contributed by atoms with E-state index in [9.17, 15) is 4.79 Å². The molecule has 1 aromatic carbocycles. The molecular weight excluding hydrogens is 258 g/mol. The van der Waals surface area contributed by atoms with Gasteiger partial charge in [0.1, 0.15) is 0 Å². The van der Waals surface area contributed by atoms with Gasteiger partial charge in [-0.3, -0.25) is 4.79 Å². The largest absolute Gasteiger partial charge is 0.325 e. The van der Waals surface area contributed by atoms with Crippen LogP contribution in [0.1, 0.15) is 44.2 Å². The van der Waals surface area contributed by atoms with E-state index in [0.717, 1.165) is 36.1 Å². The summed E-state index contributed by atoms with van der Waals surface area (Å²) in [5.41, 5.74) is 4.16. The van der Waals surface area contributed by atoms with Gasteiger partial charge >= 0.3 is 0 Å². The number of amides is 1. The number of hydrogen-bond acceptors (Lipinski definition) is 1. The van der Waals surface area contributed by atoms with E-state index < -0.39 is 0 Å². The van der Waals surface area contributed by atoms with Crippen LogP contribution in [0.15, 0.2) is 30.4 Å². The highest BCUT2D eigenvalue weighted by molar-refractivity contribution is 5.99. The third kappa shape index (κ3) is 1.96. The second-order valence-corrected chi connectivity index (χ2v) is 7.49. The first-order chi connectivity index (χ1) is 9.77. The molecule has 0 radical (unpaired) electrons. The summed E-state index contributed by atoms with van der Waals surface area (Å²) in [5.74, 6) is 0.752. The number of rotatable bonds is 2. The molecule has 112 valence electrons. The van der Waals surface area contributed by atoms with Crippen LogP contribution in [0.5, 0.6) is 0 Å². The molecule has 2 heteroatoms. The van der Waals surface area contributed by atoms with E-state index in [1.807, 2.05) is 19.1 Å². The Hall–Kier alpha value is -1.57. The van der Waals surface area contributed by atoms with Gasteiger partial charge in [0.2, 0.25) is 5.91 Å². The fourth-order valence-corrected chi connectivity index (χ4v) is 4.34. The highest BCUT2D eigenvalue weighted by Gasteiger charge is 2.60. The zero-order chi connectivity index (χ0) is 15.4. The lowest BCUT2D eigenvalue weighted by Gasteiger charge is -2.37. The molecule has 2 bridgehead atoms. The maximum Gasteiger partial charge on any atom is 0.234 e. The molecule has 0 unspecified atom stereocenters. The smallest absolute Gasteiger partial charge is 0.234 e. The van der Waals surface area contributed by atoms with Crippen molar-refractivity contribution in [1.82, 2.24) is 0 Å². The van der Waals surface area contributed by atoms with E-state index in [-0.39, 0.29) is 16.7 Å². The zero-order valence-electron chi connectivity index (χ0n) is 13.5. The lowest BCUT2D eigenvalue weighted by Crippen LogP contribution is -2.37. The van der Waals surface area contributed by atoms with Crippen LogP contribution in [0.3, 0.4) is 0 Å². The molecule has 0 spiro atoms. The first-order valence-electron chi connectivity index (χ1n) is 7.86. The molecular formula is C19H25NO. The molecule has 0 saturated heterocycles. The topological polar surface area (TPSA) is 29.1 Å². The van der Waals surface area contributed by atoms with Gasteiger partial charge in [-0.2, -0.15) is 0 Å². The number of carbonyl (C=O) groups excluding carboxylic acids is 1. The van der Waals surface area contributed by atoms with Crippen LogP contribution in [0.4, 0.5) is 5.69 Å². The van der Waals surface area contributed by atoms with Gasteiger partial charge < -0.3 is 5.32 Å². The summed E-state index contributed by atoms with van der Waals surface area (Å²) in [6.07, 6.45) is 3.07. The average molecular weight is 283 g/mol. The Kier molecular flexibility index (Phi) is 3.05. The van der Waals surface area contributed by atoms with E-state index in [0.29, 0.717) is 5.92 Å². The second kappa shape index (κ2) is 4.46. The summed E-state index contributed by atoms with van der Waals surface area (Å²) in [7, 11) is 0. The van der Waals surface area contributed by atoms with Gasteiger partial charge in [0.25, 0.3) is 0 Å². The Labute approximate surface area is 127 Å².